The first kappa shape index (κ1) is 13.4. The van der Waals surface area contributed by atoms with E-state index in [4.69, 9.17) is 4.74 Å². The lowest BCUT2D eigenvalue weighted by Gasteiger charge is -1.98. The van der Waals surface area contributed by atoms with Crippen molar-refractivity contribution in [3.05, 3.63) is 11.2 Å². The molecule has 0 saturated heterocycles. The van der Waals surface area contributed by atoms with E-state index in [0.29, 0.717) is 6.61 Å². The Hall–Kier alpha value is -1.05. The quantitative estimate of drug-likeness (QED) is 0.792. The molecule has 2 heterocycles. The Morgan fingerprint density at radius 3 is 3.00 bits per heavy atom. The Kier molecular flexibility index (Phi) is 5.03. The highest BCUT2D eigenvalue weighted by Crippen LogP contribution is 2.30. The average Bonchev–Trinajstić information content (AvgIpc) is 2.98. The fourth-order valence-electron chi connectivity index (χ4n) is 1.39. The first-order valence-corrected chi connectivity index (χ1v) is 7.48. The average molecular weight is 284 g/mol. The molecule has 18 heavy (non-hydrogen) atoms. The van der Waals surface area contributed by atoms with Gasteiger partial charge in [0.05, 0.1) is 16.5 Å². The van der Waals surface area contributed by atoms with Crippen LogP contribution in [0.2, 0.25) is 0 Å². The number of hydrogen-bond acceptors (Lipinski definition) is 7. The summed E-state index contributed by atoms with van der Waals surface area (Å²) in [5, 5.41) is 14.4. The normalized spacial score (nSPS) is 10.8. The van der Waals surface area contributed by atoms with Gasteiger partial charge in [-0.05, 0) is 12.8 Å². The van der Waals surface area contributed by atoms with Crippen molar-refractivity contribution < 1.29 is 4.74 Å². The van der Waals surface area contributed by atoms with E-state index in [2.05, 4.69) is 27.4 Å². The maximum Gasteiger partial charge on any atom is 0.206 e. The molecule has 5 nitrogen and oxygen atoms in total. The Labute approximate surface area is 114 Å². The van der Waals surface area contributed by atoms with Crippen LogP contribution in [0, 0.1) is 0 Å². The summed E-state index contributed by atoms with van der Waals surface area (Å²) in [6.45, 7) is 3.56. The molecular weight excluding hydrogens is 268 g/mol. The summed E-state index contributed by atoms with van der Waals surface area (Å²) >= 11 is 3.25. The van der Waals surface area contributed by atoms with Gasteiger partial charge in [-0.15, -0.1) is 21.5 Å². The first-order chi connectivity index (χ1) is 8.83. The zero-order valence-electron chi connectivity index (χ0n) is 10.5. The molecule has 0 fully saturated rings. The number of nitrogens with one attached hydrogen (secondary N) is 1. The van der Waals surface area contributed by atoms with Crippen LogP contribution < -0.4 is 5.32 Å². The van der Waals surface area contributed by atoms with Gasteiger partial charge in [0.15, 0.2) is 5.01 Å². The zero-order valence-corrected chi connectivity index (χ0v) is 12.1. The maximum absolute atomic E-state index is 4.97. The van der Waals surface area contributed by atoms with E-state index >= 15 is 0 Å². The van der Waals surface area contributed by atoms with Crippen LogP contribution in [-0.2, 0) is 11.2 Å². The van der Waals surface area contributed by atoms with Crippen molar-refractivity contribution in [3.63, 3.8) is 0 Å². The molecule has 0 saturated carbocycles. The lowest BCUT2D eigenvalue weighted by Crippen LogP contribution is -2.06. The van der Waals surface area contributed by atoms with E-state index < -0.39 is 0 Å². The number of ether oxygens (including phenoxy) is 1. The molecule has 0 amide bonds. The predicted octanol–water partition coefficient (Wildman–Crippen LogP) is 2.67. The summed E-state index contributed by atoms with van der Waals surface area (Å²) in [5.41, 5.74) is 0. The van der Waals surface area contributed by atoms with Crippen molar-refractivity contribution in [3.8, 4) is 9.88 Å². The molecule has 0 aliphatic carbocycles. The summed E-state index contributed by atoms with van der Waals surface area (Å²) in [6, 6.07) is 0. The predicted molar refractivity (Wildman–Crippen MR) is 75.4 cm³/mol. The second-order valence-corrected chi connectivity index (χ2v) is 5.79. The standard InChI is InChI=1S/C11H16N4OS2/c1-3-4-9-13-7-8(17-9)10-14-15-11(18-10)12-5-6-16-2/h7H,3-6H2,1-2H3,(H,12,15). The topological polar surface area (TPSA) is 59.9 Å². The van der Waals surface area contributed by atoms with Gasteiger partial charge < -0.3 is 10.1 Å². The van der Waals surface area contributed by atoms with Crippen molar-refractivity contribution in [1.29, 1.82) is 0 Å². The minimum absolute atomic E-state index is 0.663. The molecule has 1 N–H and O–H groups in total. The van der Waals surface area contributed by atoms with Crippen LogP contribution in [0.3, 0.4) is 0 Å². The maximum atomic E-state index is 4.97. The zero-order chi connectivity index (χ0) is 12.8. The molecule has 0 radical (unpaired) electrons. The van der Waals surface area contributed by atoms with E-state index in [9.17, 15) is 0 Å². The second kappa shape index (κ2) is 6.77. The highest BCUT2D eigenvalue weighted by atomic mass is 32.1. The van der Waals surface area contributed by atoms with Crippen LogP contribution >= 0.6 is 22.7 Å². The number of aryl methyl sites for hydroxylation is 1. The minimum atomic E-state index is 0.663. The smallest absolute Gasteiger partial charge is 0.206 e. The SMILES string of the molecule is CCCc1ncc(-c2nnc(NCCOC)s2)s1. The van der Waals surface area contributed by atoms with Gasteiger partial charge in [-0.1, -0.05) is 18.3 Å². The number of aromatic nitrogens is 3. The van der Waals surface area contributed by atoms with Crippen molar-refractivity contribution in [2.45, 2.75) is 19.8 Å². The summed E-state index contributed by atoms with van der Waals surface area (Å²) in [4.78, 5) is 5.48. The van der Waals surface area contributed by atoms with Gasteiger partial charge in [-0.2, -0.15) is 0 Å². The third-order valence-corrected chi connectivity index (χ3v) is 4.34. The molecule has 2 aromatic heterocycles. The monoisotopic (exact) mass is 284 g/mol. The van der Waals surface area contributed by atoms with Crippen molar-refractivity contribution >= 4 is 27.8 Å². The summed E-state index contributed by atoms with van der Waals surface area (Å²) in [5.74, 6) is 0. The number of hydrogen-bond donors (Lipinski definition) is 1. The van der Waals surface area contributed by atoms with Crippen LogP contribution in [0.5, 0.6) is 0 Å². The highest BCUT2D eigenvalue weighted by molar-refractivity contribution is 7.23. The van der Waals surface area contributed by atoms with E-state index in [1.165, 1.54) is 0 Å². The Morgan fingerprint density at radius 2 is 2.22 bits per heavy atom. The molecule has 0 aromatic carbocycles. The number of thiazole rings is 1. The van der Waals surface area contributed by atoms with Crippen molar-refractivity contribution in [2.24, 2.45) is 0 Å². The summed E-state index contributed by atoms with van der Waals surface area (Å²) in [6.07, 6.45) is 4.03. The molecule has 2 rings (SSSR count). The molecule has 98 valence electrons. The Bertz CT molecular complexity index is 483. The third kappa shape index (κ3) is 3.47. The molecule has 0 unspecified atom stereocenters. The third-order valence-electron chi connectivity index (χ3n) is 2.24. The van der Waals surface area contributed by atoms with Gasteiger partial charge in [0.1, 0.15) is 0 Å². The van der Waals surface area contributed by atoms with Gasteiger partial charge in [0.25, 0.3) is 0 Å². The van der Waals surface area contributed by atoms with Gasteiger partial charge in [-0.3, -0.25) is 0 Å². The van der Waals surface area contributed by atoms with Crippen LogP contribution in [0.25, 0.3) is 9.88 Å². The lowest BCUT2D eigenvalue weighted by molar-refractivity contribution is 0.211. The van der Waals surface area contributed by atoms with Crippen LogP contribution in [-0.4, -0.2) is 35.4 Å². The van der Waals surface area contributed by atoms with E-state index in [0.717, 1.165) is 39.4 Å². The van der Waals surface area contributed by atoms with Crippen LogP contribution in [0.1, 0.15) is 18.4 Å². The van der Waals surface area contributed by atoms with Gasteiger partial charge in [-0.25, -0.2) is 4.98 Å². The van der Waals surface area contributed by atoms with Crippen LogP contribution in [0.4, 0.5) is 5.13 Å². The molecule has 0 spiro atoms. The number of rotatable bonds is 7. The molecule has 0 bridgehead atoms. The molecule has 7 heteroatoms. The molecule has 2 aromatic rings. The first-order valence-electron chi connectivity index (χ1n) is 5.85. The molecule has 0 aliphatic rings. The van der Waals surface area contributed by atoms with Crippen molar-refractivity contribution in [2.75, 3.05) is 25.6 Å². The van der Waals surface area contributed by atoms with Gasteiger partial charge in [0, 0.05) is 19.9 Å². The van der Waals surface area contributed by atoms with E-state index in [1.807, 2.05) is 6.20 Å². The number of methoxy groups -OCH3 is 1. The van der Waals surface area contributed by atoms with Crippen molar-refractivity contribution in [1.82, 2.24) is 15.2 Å². The van der Waals surface area contributed by atoms with Crippen LogP contribution in [0.15, 0.2) is 6.20 Å². The number of anilines is 1. The van der Waals surface area contributed by atoms with E-state index in [1.54, 1.807) is 29.8 Å². The Balaban J connectivity index is 1.99. The number of nitrogens with zero attached hydrogens (tertiary/aromatic N) is 3. The fraction of sp³-hybridized carbons (Fsp3) is 0.545. The molecule has 0 aliphatic heterocycles. The highest BCUT2D eigenvalue weighted by Gasteiger charge is 2.09. The van der Waals surface area contributed by atoms with E-state index in [-0.39, 0.29) is 0 Å². The fourth-order valence-corrected chi connectivity index (χ4v) is 3.22. The van der Waals surface area contributed by atoms with Gasteiger partial charge >= 0.3 is 0 Å². The minimum Gasteiger partial charge on any atom is -0.383 e. The largest absolute Gasteiger partial charge is 0.383 e. The lowest BCUT2D eigenvalue weighted by atomic mass is 10.4. The molecular formula is C11H16N4OS2. The second-order valence-electron chi connectivity index (χ2n) is 3.70. The summed E-state index contributed by atoms with van der Waals surface area (Å²) < 4.78 is 4.97. The van der Waals surface area contributed by atoms with Gasteiger partial charge in [0.2, 0.25) is 5.13 Å². The summed E-state index contributed by atoms with van der Waals surface area (Å²) in [7, 11) is 1.68. The molecule has 0 atom stereocenters. The Morgan fingerprint density at radius 1 is 1.33 bits per heavy atom.